The summed E-state index contributed by atoms with van der Waals surface area (Å²) in [6, 6.07) is 5.46. The molecule has 0 aliphatic heterocycles. The molecule has 102 valence electrons. The number of nitrogens with one attached hydrogen (secondary N) is 1. The number of H-pyrrole nitrogens is 1. The molecule has 0 saturated heterocycles. The zero-order valence-corrected chi connectivity index (χ0v) is 10.8. The van der Waals surface area contributed by atoms with E-state index >= 15 is 0 Å². The molecule has 6 nitrogen and oxygen atoms in total. The van der Waals surface area contributed by atoms with Crippen LogP contribution in [0.3, 0.4) is 0 Å². The van der Waals surface area contributed by atoms with Crippen LogP contribution in [0.5, 0.6) is 0 Å². The normalized spacial score (nSPS) is 10.8. The third-order valence-corrected chi connectivity index (χ3v) is 2.93. The van der Waals surface area contributed by atoms with Gasteiger partial charge in [0.25, 0.3) is 5.91 Å². The lowest BCUT2D eigenvalue weighted by Crippen LogP contribution is -2.36. The largest absolute Gasteiger partial charge is 0.395 e. The predicted molar refractivity (Wildman–Crippen MR) is 71.0 cm³/mol. The van der Waals surface area contributed by atoms with E-state index in [2.05, 4.69) is 10.2 Å². The van der Waals surface area contributed by atoms with E-state index in [1.807, 2.05) is 12.1 Å². The average Bonchev–Trinajstić information content (AvgIpc) is 2.91. The van der Waals surface area contributed by atoms with Crippen molar-refractivity contribution in [2.45, 2.75) is 0 Å². The average molecular weight is 263 g/mol. The van der Waals surface area contributed by atoms with Crippen molar-refractivity contribution in [3.63, 3.8) is 0 Å². The minimum atomic E-state index is -0.138. The molecule has 2 N–H and O–H groups in total. The summed E-state index contributed by atoms with van der Waals surface area (Å²) in [6.07, 6.45) is 1.68. The highest BCUT2D eigenvalue weighted by molar-refractivity contribution is 6.05. The van der Waals surface area contributed by atoms with Gasteiger partial charge < -0.3 is 14.7 Å². The Bertz CT molecular complexity index is 553. The van der Waals surface area contributed by atoms with Gasteiger partial charge in [-0.15, -0.1) is 0 Å². The standard InChI is InChI=1S/C13H17N3O3/c1-19-8-6-16(5-7-17)13(18)11-4-2-3-10-9-14-15-12(10)11/h2-4,9,17H,5-8H2,1H3,(H,14,15). The zero-order valence-electron chi connectivity index (χ0n) is 10.8. The Morgan fingerprint density at radius 1 is 1.47 bits per heavy atom. The lowest BCUT2D eigenvalue weighted by atomic mass is 10.1. The number of rotatable bonds is 6. The summed E-state index contributed by atoms with van der Waals surface area (Å²) in [6.45, 7) is 1.09. The van der Waals surface area contributed by atoms with Crippen LogP contribution in [-0.4, -0.2) is 59.5 Å². The van der Waals surface area contributed by atoms with Crippen molar-refractivity contribution in [1.29, 1.82) is 0 Å². The number of aliphatic hydroxyl groups is 1. The van der Waals surface area contributed by atoms with Crippen molar-refractivity contribution in [3.05, 3.63) is 30.0 Å². The van der Waals surface area contributed by atoms with E-state index in [0.717, 1.165) is 5.39 Å². The second-order valence-electron chi connectivity index (χ2n) is 4.15. The van der Waals surface area contributed by atoms with Crippen LogP contribution in [-0.2, 0) is 4.74 Å². The molecule has 2 aromatic rings. The first-order valence-corrected chi connectivity index (χ1v) is 6.09. The molecule has 0 saturated carbocycles. The van der Waals surface area contributed by atoms with Gasteiger partial charge in [-0.1, -0.05) is 12.1 Å². The maximum Gasteiger partial charge on any atom is 0.256 e. The first-order valence-electron chi connectivity index (χ1n) is 6.09. The summed E-state index contributed by atoms with van der Waals surface area (Å²) in [5, 5.41) is 16.7. The number of methoxy groups -OCH3 is 1. The third kappa shape index (κ3) is 2.91. The lowest BCUT2D eigenvalue weighted by Gasteiger charge is -2.21. The Labute approximate surface area is 111 Å². The molecule has 1 amide bonds. The number of hydrogen-bond acceptors (Lipinski definition) is 4. The van der Waals surface area contributed by atoms with E-state index in [1.54, 1.807) is 24.3 Å². The highest BCUT2D eigenvalue weighted by Gasteiger charge is 2.18. The van der Waals surface area contributed by atoms with Gasteiger partial charge in [-0.25, -0.2) is 0 Å². The topological polar surface area (TPSA) is 78.5 Å². The van der Waals surface area contributed by atoms with Gasteiger partial charge in [0.1, 0.15) is 0 Å². The van der Waals surface area contributed by atoms with Crippen molar-refractivity contribution < 1.29 is 14.6 Å². The second-order valence-corrected chi connectivity index (χ2v) is 4.15. The van der Waals surface area contributed by atoms with Gasteiger partial charge >= 0.3 is 0 Å². The van der Waals surface area contributed by atoms with Crippen LogP contribution in [0.4, 0.5) is 0 Å². The van der Waals surface area contributed by atoms with Crippen LogP contribution in [0.1, 0.15) is 10.4 Å². The van der Waals surface area contributed by atoms with Crippen molar-refractivity contribution >= 4 is 16.8 Å². The van der Waals surface area contributed by atoms with Gasteiger partial charge in [-0.05, 0) is 6.07 Å². The molecule has 0 fully saturated rings. The number of aromatic amines is 1. The Balaban J connectivity index is 2.27. The van der Waals surface area contributed by atoms with Gasteiger partial charge in [0.15, 0.2) is 0 Å². The second kappa shape index (κ2) is 6.31. The molecule has 0 spiro atoms. The molecular weight excluding hydrogens is 246 g/mol. The number of hydrogen-bond donors (Lipinski definition) is 2. The number of para-hydroxylation sites is 1. The quantitative estimate of drug-likeness (QED) is 0.802. The number of fused-ring (bicyclic) bond motifs is 1. The van der Waals surface area contributed by atoms with Gasteiger partial charge in [0.2, 0.25) is 0 Å². The van der Waals surface area contributed by atoms with Crippen molar-refractivity contribution in [2.75, 3.05) is 33.4 Å². The molecule has 0 atom stereocenters. The fourth-order valence-electron chi connectivity index (χ4n) is 1.95. The number of carbonyl (C=O) groups excluding carboxylic acids is 1. The van der Waals surface area contributed by atoms with Crippen molar-refractivity contribution in [2.24, 2.45) is 0 Å². The van der Waals surface area contributed by atoms with E-state index in [4.69, 9.17) is 9.84 Å². The monoisotopic (exact) mass is 263 g/mol. The van der Waals surface area contributed by atoms with Crippen molar-refractivity contribution in [3.8, 4) is 0 Å². The lowest BCUT2D eigenvalue weighted by molar-refractivity contribution is 0.0658. The molecule has 0 aliphatic carbocycles. The summed E-state index contributed by atoms with van der Waals surface area (Å²) in [5.41, 5.74) is 1.27. The summed E-state index contributed by atoms with van der Waals surface area (Å²) >= 11 is 0. The Kier molecular flexibility index (Phi) is 4.48. The highest BCUT2D eigenvalue weighted by Crippen LogP contribution is 2.17. The van der Waals surface area contributed by atoms with Crippen LogP contribution in [0.25, 0.3) is 10.9 Å². The van der Waals surface area contributed by atoms with Crippen molar-refractivity contribution in [1.82, 2.24) is 15.1 Å². The number of benzene rings is 1. The van der Waals surface area contributed by atoms with Crippen LogP contribution in [0.15, 0.2) is 24.4 Å². The van der Waals surface area contributed by atoms with Crippen LogP contribution >= 0.6 is 0 Å². The molecule has 0 aliphatic rings. The molecule has 6 heteroatoms. The Morgan fingerprint density at radius 3 is 3.05 bits per heavy atom. The first-order chi connectivity index (χ1) is 9.27. The predicted octanol–water partition coefficient (Wildman–Crippen LogP) is 0.644. The van der Waals surface area contributed by atoms with Gasteiger partial charge in [-0.2, -0.15) is 5.10 Å². The van der Waals surface area contributed by atoms with E-state index in [9.17, 15) is 4.79 Å². The number of aromatic nitrogens is 2. The maximum absolute atomic E-state index is 12.5. The molecule has 1 aromatic carbocycles. The minimum absolute atomic E-state index is 0.0750. The Morgan fingerprint density at radius 2 is 2.32 bits per heavy atom. The van der Waals surface area contributed by atoms with E-state index in [1.165, 1.54) is 0 Å². The molecule has 2 rings (SSSR count). The molecule has 0 bridgehead atoms. The Hall–Kier alpha value is -1.92. The number of amides is 1. The summed E-state index contributed by atoms with van der Waals surface area (Å²) < 4.78 is 4.98. The summed E-state index contributed by atoms with van der Waals surface area (Å²) in [7, 11) is 1.58. The number of aliphatic hydroxyl groups excluding tert-OH is 1. The fourth-order valence-corrected chi connectivity index (χ4v) is 1.95. The summed E-state index contributed by atoms with van der Waals surface area (Å²) in [4.78, 5) is 14.0. The third-order valence-electron chi connectivity index (χ3n) is 2.93. The van der Waals surface area contributed by atoms with E-state index in [-0.39, 0.29) is 19.1 Å². The molecule has 1 aromatic heterocycles. The van der Waals surface area contributed by atoms with E-state index < -0.39 is 0 Å². The number of carbonyl (C=O) groups is 1. The van der Waals surface area contributed by atoms with Gasteiger partial charge in [0, 0.05) is 25.6 Å². The smallest absolute Gasteiger partial charge is 0.256 e. The first kappa shape index (κ1) is 13.5. The molecule has 1 heterocycles. The number of ether oxygens (including phenoxy) is 1. The van der Waals surface area contributed by atoms with Gasteiger partial charge in [-0.3, -0.25) is 9.89 Å². The zero-order chi connectivity index (χ0) is 13.7. The molecule has 0 radical (unpaired) electrons. The maximum atomic E-state index is 12.5. The molecular formula is C13H17N3O3. The summed E-state index contributed by atoms with van der Waals surface area (Å²) in [5.74, 6) is -0.138. The number of nitrogens with zero attached hydrogens (tertiary/aromatic N) is 2. The van der Waals surface area contributed by atoms with Crippen LogP contribution in [0, 0.1) is 0 Å². The SMILES string of the molecule is COCCN(CCO)C(=O)c1cccc2cn[nH]c12. The van der Waals surface area contributed by atoms with E-state index in [0.29, 0.717) is 24.2 Å². The van der Waals surface area contributed by atoms with Gasteiger partial charge in [0.05, 0.1) is 30.5 Å². The molecule has 19 heavy (non-hydrogen) atoms. The van der Waals surface area contributed by atoms with Crippen LogP contribution < -0.4 is 0 Å². The van der Waals surface area contributed by atoms with Crippen LogP contribution in [0.2, 0.25) is 0 Å². The molecule has 0 unspecified atom stereocenters. The minimum Gasteiger partial charge on any atom is -0.395 e. The highest BCUT2D eigenvalue weighted by atomic mass is 16.5. The fraction of sp³-hybridized carbons (Fsp3) is 0.385.